The van der Waals surface area contributed by atoms with Crippen LogP contribution in [0.2, 0.25) is 0 Å². The van der Waals surface area contributed by atoms with E-state index in [1.165, 1.54) is 9.75 Å². The Balaban J connectivity index is 0.00000280. The Kier molecular flexibility index (Phi) is 8.91. The average Bonchev–Trinajstić information content (AvgIpc) is 3.33. The number of halogens is 1. The third-order valence-electron chi connectivity index (χ3n) is 4.14. The summed E-state index contributed by atoms with van der Waals surface area (Å²) in [4.78, 5) is 16.2. The summed E-state index contributed by atoms with van der Waals surface area (Å²) in [5, 5.41) is 6.70. The van der Waals surface area contributed by atoms with Gasteiger partial charge in [-0.2, -0.15) is 0 Å². The molecule has 0 fully saturated rings. The van der Waals surface area contributed by atoms with Gasteiger partial charge in [0.2, 0.25) is 0 Å². The molecule has 6 nitrogen and oxygen atoms in total. The summed E-state index contributed by atoms with van der Waals surface area (Å²) in [7, 11) is 0. The van der Waals surface area contributed by atoms with Crippen molar-refractivity contribution in [3.05, 3.63) is 64.0 Å². The van der Waals surface area contributed by atoms with E-state index in [1.807, 2.05) is 41.3 Å². The van der Waals surface area contributed by atoms with Crippen molar-refractivity contribution >= 4 is 41.3 Å². The summed E-state index contributed by atoms with van der Waals surface area (Å²) in [6, 6.07) is 8.43. The minimum absolute atomic E-state index is 0. The molecule has 3 aromatic rings. The number of nitrogens with zero attached hydrogens (tertiary/aromatic N) is 4. The van der Waals surface area contributed by atoms with Gasteiger partial charge in [-0.15, -0.1) is 35.3 Å². The van der Waals surface area contributed by atoms with E-state index in [1.54, 1.807) is 6.20 Å². The van der Waals surface area contributed by atoms with Gasteiger partial charge in [0.05, 0.1) is 13.1 Å². The van der Waals surface area contributed by atoms with Crippen molar-refractivity contribution in [3.63, 3.8) is 0 Å². The lowest BCUT2D eigenvalue weighted by Gasteiger charge is -2.10. The molecule has 3 heterocycles. The van der Waals surface area contributed by atoms with Crippen LogP contribution in [-0.4, -0.2) is 27.0 Å². The Hall–Kier alpha value is -1.94. The van der Waals surface area contributed by atoms with Crippen LogP contribution in [0.1, 0.15) is 35.0 Å². The van der Waals surface area contributed by atoms with Crippen LogP contribution in [0.3, 0.4) is 0 Å². The molecule has 0 aliphatic heterocycles. The van der Waals surface area contributed by atoms with E-state index in [-0.39, 0.29) is 24.0 Å². The first-order valence-electron chi connectivity index (χ1n) is 9.24. The SMILES string of the molecule is CCNC(=NCc1ccc(-n2ccnc2C)nc1)NCc1ccc(CC)s1.I. The van der Waals surface area contributed by atoms with Crippen LogP contribution in [0.25, 0.3) is 5.82 Å². The van der Waals surface area contributed by atoms with Crippen molar-refractivity contribution in [3.8, 4) is 5.82 Å². The van der Waals surface area contributed by atoms with Crippen molar-refractivity contribution < 1.29 is 0 Å². The van der Waals surface area contributed by atoms with Crippen molar-refractivity contribution in [1.82, 2.24) is 25.2 Å². The smallest absolute Gasteiger partial charge is 0.191 e. The molecular formula is C20H27IN6S. The van der Waals surface area contributed by atoms with E-state index in [4.69, 9.17) is 0 Å². The van der Waals surface area contributed by atoms with E-state index < -0.39 is 0 Å². The maximum atomic E-state index is 4.68. The third-order valence-corrected chi connectivity index (χ3v) is 5.37. The fourth-order valence-corrected chi connectivity index (χ4v) is 3.56. The number of aryl methyl sites for hydroxylation is 2. The number of aromatic nitrogens is 3. The highest BCUT2D eigenvalue weighted by Gasteiger charge is 2.04. The number of guanidine groups is 1. The van der Waals surface area contributed by atoms with Gasteiger partial charge >= 0.3 is 0 Å². The van der Waals surface area contributed by atoms with Crippen molar-refractivity contribution in [2.24, 2.45) is 4.99 Å². The molecule has 3 aromatic heterocycles. The Morgan fingerprint density at radius 1 is 1.11 bits per heavy atom. The largest absolute Gasteiger partial charge is 0.357 e. The van der Waals surface area contributed by atoms with Gasteiger partial charge in [0, 0.05) is 34.9 Å². The highest BCUT2D eigenvalue weighted by Crippen LogP contribution is 2.16. The fraction of sp³-hybridized carbons (Fsp3) is 0.350. The predicted octanol–water partition coefficient (Wildman–Crippen LogP) is 4.07. The molecule has 0 aliphatic carbocycles. The molecule has 0 radical (unpaired) electrons. The number of aliphatic imine (C=N–C) groups is 1. The van der Waals surface area contributed by atoms with Crippen LogP contribution in [-0.2, 0) is 19.5 Å². The Bertz CT molecular complexity index is 884. The average molecular weight is 510 g/mol. The molecule has 0 unspecified atom stereocenters. The van der Waals surface area contributed by atoms with Gasteiger partial charge in [-0.3, -0.25) is 4.57 Å². The van der Waals surface area contributed by atoms with Crippen molar-refractivity contribution in [2.45, 2.75) is 40.3 Å². The quantitative estimate of drug-likeness (QED) is 0.286. The predicted molar refractivity (Wildman–Crippen MR) is 127 cm³/mol. The summed E-state index contributed by atoms with van der Waals surface area (Å²) in [5.74, 6) is 2.61. The summed E-state index contributed by atoms with van der Waals surface area (Å²) in [6.45, 7) is 8.41. The summed E-state index contributed by atoms with van der Waals surface area (Å²) >= 11 is 1.85. The zero-order valence-corrected chi connectivity index (χ0v) is 19.6. The molecule has 0 bridgehead atoms. The Morgan fingerprint density at radius 2 is 1.93 bits per heavy atom. The number of thiophene rings is 1. The van der Waals surface area contributed by atoms with Crippen LogP contribution in [0.15, 0.2) is 47.8 Å². The van der Waals surface area contributed by atoms with Gasteiger partial charge in [-0.05, 0) is 44.0 Å². The van der Waals surface area contributed by atoms with Crippen molar-refractivity contribution in [1.29, 1.82) is 0 Å². The van der Waals surface area contributed by atoms with Crippen molar-refractivity contribution in [2.75, 3.05) is 6.54 Å². The summed E-state index contributed by atoms with van der Waals surface area (Å²) in [5.41, 5.74) is 1.07. The maximum absolute atomic E-state index is 4.68. The van der Waals surface area contributed by atoms with Gasteiger partial charge in [-0.25, -0.2) is 15.0 Å². The molecule has 0 saturated carbocycles. The zero-order chi connectivity index (χ0) is 19.1. The lowest BCUT2D eigenvalue weighted by atomic mass is 10.3. The zero-order valence-electron chi connectivity index (χ0n) is 16.5. The molecule has 3 rings (SSSR count). The van der Waals surface area contributed by atoms with Crippen LogP contribution in [0.4, 0.5) is 0 Å². The van der Waals surface area contributed by atoms with E-state index in [0.29, 0.717) is 6.54 Å². The van der Waals surface area contributed by atoms with Crippen LogP contribution >= 0.6 is 35.3 Å². The highest BCUT2D eigenvalue weighted by molar-refractivity contribution is 14.0. The summed E-state index contributed by atoms with van der Waals surface area (Å²) < 4.78 is 1.96. The second-order valence-corrected chi connectivity index (χ2v) is 7.39. The lowest BCUT2D eigenvalue weighted by Crippen LogP contribution is -2.36. The highest BCUT2D eigenvalue weighted by atomic mass is 127. The topological polar surface area (TPSA) is 67.1 Å². The molecule has 0 aromatic carbocycles. The fourth-order valence-electron chi connectivity index (χ4n) is 2.66. The lowest BCUT2D eigenvalue weighted by molar-refractivity contribution is 0.822. The Labute approximate surface area is 187 Å². The van der Waals surface area contributed by atoms with Gasteiger partial charge in [0.1, 0.15) is 11.6 Å². The molecular weight excluding hydrogens is 483 g/mol. The number of pyridine rings is 1. The molecule has 0 spiro atoms. The van der Waals surface area contributed by atoms with Gasteiger partial charge in [0.25, 0.3) is 0 Å². The minimum Gasteiger partial charge on any atom is -0.357 e. The molecule has 0 saturated heterocycles. The second kappa shape index (κ2) is 11.2. The molecule has 0 atom stereocenters. The number of rotatable bonds is 7. The first-order chi connectivity index (χ1) is 13.2. The molecule has 0 aliphatic rings. The number of imidazole rings is 1. The number of hydrogen-bond donors (Lipinski definition) is 2. The standard InChI is InChI=1S/C20H26N6S.HI/c1-4-17-7-8-18(27-17)14-25-20(21-5-2)24-13-16-6-9-19(23-12-16)26-11-10-22-15(26)3;/h6-12H,4-5,13-14H2,1-3H3,(H2,21,24,25);1H. The maximum Gasteiger partial charge on any atom is 0.191 e. The molecule has 28 heavy (non-hydrogen) atoms. The van der Waals surface area contributed by atoms with E-state index >= 15 is 0 Å². The third kappa shape index (κ3) is 6.03. The molecule has 8 heteroatoms. The van der Waals surface area contributed by atoms with E-state index in [0.717, 1.165) is 42.7 Å². The normalized spacial score (nSPS) is 11.2. The van der Waals surface area contributed by atoms with Crippen LogP contribution < -0.4 is 10.6 Å². The molecule has 2 N–H and O–H groups in total. The van der Waals surface area contributed by atoms with Crippen LogP contribution in [0.5, 0.6) is 0 Å². The van der Waals surface area contributed by atoms with E-state index in [2.05, 4.69) is 57.6 Å². The summed E-state index contributed by atoms with van der Waals surface area (Å²) in [6.07, 6.45) is 6.65. The van der Waals surface area contributed by atoms with Gasteiger partial charge in [0.15, 0.2) is 5.96 Å². The Morgan fingerprint density at radius 3 is 2.54 bits per heavy atom. The second-order valence-electron chi connectivity index (χ2n) is 6.14. The van der Waals surface area contributed by atoms with Crippen LogP contribution in [0, 0.1) is 6.92 Å². The van der Waals surface area contributed by atoms with E-state index in [9.17, 15) is 0 Å². The molecule has 0 amide bonds. The monoisotopic (exact) mass is 510 g/mol. The number of nitrogens with one attached hydrogen (secondary N) is 2. The minimum atomic E-state index is 0. The molecule has 150 valence electrons. The van der Waals surface area contributed by atoms with Gasteiger partial charge in [-0.1, -0.05) is 13.0 Å². The van der Waals surface area contributed by atoms with Gasteiger partial charge < -0.3 is 10.6 Å². The first kappa shape index (κ1) is 22.4. The first-order valence-corrected chi connectivity index (χ1v) is 10.1. The number of hydrogen-bond acceptors (Lipinski definition) is 4.